The van der Waals surface area contributed by atoms with Crippen LogP contribution in [0.4, 0.5) is 4.39 Å². The third-order valence-corrected chi connectivity index (χ3v) is 3.39. The van der Waals surface area contributed by atoms with Crippen LogP contribution in [0.3, 0.4) is 0 Å². The number of hydrogen-bond donors (Lipinski definition) is 1. The van der Waals surface area contributed by atoms with Gasteiger partial charge in [-0.15, -0.1) is 11.8 Å². The Kier molecular flexibility index (Phi) is 5.82. The lowest BCUT2D eigenvalue weighted by Gasteiger charge is -2.17. The van der Waals surface area contributed by atoms with Crippen molar-refractivity contribution in [3.05, 3.63) is 35.1 Å². The quantitative estimate of drug-likeness (QED) is 0.867. The Morgan fingerprint density at radius 2 is 2.05 bits per heavy atom. The fourth-order valence-electron chi connectivity index (χ4n) is 1.50. The summed E-state index contributed by atoms with van der Waals surface area (Å²) in [6.07, 6.45) is 0. The molecule has 0 atom stereocenters. The van der Waals surface area contributed by atoms with Crippen LogP contribution < -0.4 is 0 Å². The van der Waals surface area contributed by atoms with Gasteiger partial charge in [-0.1, -0.05) is 17.7 Å². The molecular formula is C13H16FNO3S. The van der Waals surface area contributed by atoms with Gasteiger partial charge in [0.1, 0.15) is 5.82 Å². The summed E-state index contributed by atoms with van der Waals surface area (Å²) in [5.41, 5.74) is 1.39. The van der Waals surface area contributed by atoms with Crippen LogP contribution >= 0.6 is 11.8 Å². The number of rotatable bonds is 6. The van der Waals surface area contributed by atoms with E-state index in [-0.39, 0.29) is 29.8 Å². The van der Waals surface area contributed by atoms with Crippen molar-refractivity contribution in [2.45, 2.75) is 13.5 Å². The summed E-state index contributed by atoms with van der Waals surface area (Å²) in [5, 5.41) is 8.47. The third-order valence-electron chi connectivity index (χ3n) is 2.49. The molecule has 0 aliphatic carbocycles. The average molecular weight is 285 g/mol. The SMILES string of the molecule is Cc1ccc(F)c(CN(C)C(=O)CSCC(=O)O)c1. The van der Waals surface area contributed by atoms with E-state index >= 15 is 0 Å². The van der Waals surface area contributed by atoms with E-state index in [1.807, 2.05) is 6.92 Å². The van der Waals surface area contributed by atoms with Crippen LogP contribution in [-0.4, -0.2) is 40.4 Å². The predicted octanol–water partition coefficient (Wildman–Crippen LogP) is 1.91. The van der Waals surface area contributed by atoms with Gasteiger partial charge in [0.05, 0.1) is 11.5 Å². The van der Waals surface area contributed by atoms with Gasteiger partial charge in [0.2, 0.25) is 5.91 Å². The van der Waals surface area contributed by atoms with E-state index < -0.39 is 5.97 Å². The van der Waals surface area contributed by atoms with E-state index in [0.717, 1.165) is 17.3 Å². The highest BCUT2D eigenvalue weighted by Gasteiger charge is 2.12. The summed E-state index contributed by atoms with van der Waals surface area (Å²) in [7, 11) is 1.57. The molecule has 104 valence electrons. The highest BCUT2D eigenvalue weighted by Crippen LogP contribution is 2.13. The number of thioether (sulfide) groups is 1. The van der Waals surface area contributed by atoms with Crippen molar-refractivity contribution in [3.8, 4) is 0 Å². The molecule has 1 aromatic carbocycles. The van der Waals surface area contributed by atoms with E-state index in [2.05, 4.69) is 0 Å². The molecule has 0 bridgehead atoms. The lowest BCUT2D eigenvalue weighted by molar-refractivity contribution is -0.133. The number of carboxylic acid groups (broad SMARTS) is 1. The fraction of sp³-hybridized carbons (Fsp3) is 0.385. The molecule has 0 unspecified atom stereocenters. The summed E-state index contributed by atoms with van der Waals surface area (Å²) >= 11 is 1.03. The maximum absolute atomic E-state index is 13.5. The van der Waals surface area contributed by atoms with Crippen LogP contribution in [0.2, 0.25) is 0 Å². The number of aryl methyl sites for hydroxylation is 1. The molecule has 19 heavy (non-hydrogen) atoms. The molecule has 0 aliphatic heterocycles. The lowest BCUT2D eigenvalue weighted by atomic mass is 10.1. The van der Waals surface area contributed by atoms with Crippen molar-refractivity contribution >= 4 is 23.6 Å². The van der Waals surface area contributed by atoms with Crippen LogP contribution in [0.25, 0.3) is 0 Å². The number of carbonyl (C=O) groups excluding carboxylic acids is 1. The van der Waals surface area contributed by atoms with Crippen LogP contribution in [0.1, 0.15) is 11.1 Å². The highest BCUT2D eigenvalue weighted by molar-refractivity contribution is 8.00. The minimum absolute atomic E-state index is 0.0796. The van der Waals surface area contributed by atoms with Gasteiger partial charge in [0.25, 0.3) is 0 Å². The zero-order valence-electron chi connectivity index (χ0n) is 10.9. The molecule has 4 nitrogen and oxygen atoms in total. The van der Waals surface area contributed by atoms with Gasteiger partial charge in [-0.25, -0.2) is 4.39 Å². The highest BCUT2D eigenvalue weighted by atomic mass is 32.2. The molecule has 1 amide bonds. The predicted molar refractivity (Wildman–Crippen MR) is 72.6 cm³/mol. The first-order chi connectivity index (χ1) is 8.90. The number of halogens is 1. The number of carboxylic acids is 1. The average Bonchev–Trinajstić information content (AvgIpc) is 2.33. The van der Waals surface area contributed by atoms with Gasteiger partial charge in [-0.2, -0.15) is 0 Å². The molecule has 1 N–H and O–H groups in total. The van der Waals surface area contributed by atoms with Crippen LogP contribution in [0.5, 0.6) is 0 Å². The Bertz CT molecular complexity index is 479. The zero-order chi connectivity index (χ0) is 14.4. The van der Waals surface area contributed by atoms with Crippen molar-refractivity contribution in [3.63, 3.8) is 0 Å². The summed E-state index contributed by atoms with van der Waals surface area (Å²) < 4.78 is 13.5. The first-order valence-electron chi connectivity index (χ1n) is 5.68. The molecule has 0 radical (unpaired) electrons. The van der Waals surface area contributed by atoms with Gasteiger partial charge < -0.3 is 10.0 Å². The van der Waals surface area contributed by atoms with E-state index in [9.17, 15) is 14.0 Å². The third kappa shape index (κ3) is 5.30. The molecule has 1 aromatic rings. The molecule has 0 aromatic heterocycles. The molecule has 0 spiro atoms. The lowest BCUT2D eigenvalue weighted by Crippen LogP contribution is -2.28. The normalized spacial score (nSPS) is 10.3. The maximum Gasteiger partial charge on any atom is 0.313 e. The Labute approximate surface area is 115 Å². The van der Waals surface area contributed by atoms with Crippen LogP contribution in [0.15, 0.2) is 18.2 Å². The summed E-state index contributed by atoms with van der Waals surface area (Å²) in [4.78, 5) is 23.4. The Morgan fingerprint density at radius 1 is 1.37 bits per heavy atom. The maximum atomic E-state index is 13.5. The molecule has 0 heterocycles. The van der Waals surface area contributed by atoms with Crippen LogP contribution in [-0.2, 0) is 16.1 Å². The fourth-order valence-corrected chi connectivity index (χ4v) is 2.18. The monoisotopic (exact) mass is 285 g/mol. The molecule has 1 rings (SSSR count). The number of benzene rings is 1. The van der Waals surface area contributed by atoms with Gasteiger partial charge in [-0.3, -0.25) is 9.59 Å². The van der Waals surface area contributed by atoms with Gasteiger partial charge in [0, 0.05) is 19.2 Å². The number of nitrogens with zero attached hydrogens (tertiary/aromatic N) is 1. The van der Waals surface area contributed by atoms with Crippen molar-refractivity contribution in [2.75, 3.05) is 18.6 Å². The van der Waals surface area contributed by atoms with Crippen molar-refractivity contribution in [2.24, 2.45) is 0 Å². The van der Waals surface area contributed by atoms with Gasteiger partial charge in [-0.05, 0) is 13.0 Å². The van der Waals surface area contributed by atoms with E-state index in [1.165, 1.54) is 11.0 Å². The summed E-state index contributed by atoms with van der Waals surface area (Å²) in [5.74, 6) is -1.55. The minimum atomic E-state index is -0.954. The molecule has 0 saturated heterocycles. The Balaban J connectivity index is 2.53. The van der Waals surface area contributed by atoms with E-state index in [0.29, 0.717) is 5.56 Å². The smallest absolute Gasteiger partial charge is 0.313 e. The second-order valence-electron chi connectivity index (χ2n) is 4.23. The van der Waals surface area contributed by atoms with Crippen molar-refractivity contribution < 1.29 is 19.1 Å². The molecule has 0 aliphatic rings. The number of hydrogen-bond acceptors (Lipinski definition) is 3. The first-order valence-corrected chi connectivity index (χ1v) is 6.84. The Morgan fingerprint density at radius 3 is 2.68 bits per heavy atom. The number of amides is 1. The topological polar surface area (TPSA) is 57.6 Å². The van der Waals surface area contributed by atoms with Crippen molar-refractivity contribution in [1.29, 1.82) is 0 Å². The summed E-state index contributed by atoms with van der Waals surface area (Å²) in [6.45, 7) is 2.04. The second-order valence-corrected chi connectivity index (χ2v) is 5.22. The minimum Gasteiger partial charge on any atom is -0.481 e. The largest absolute Gasteiger partial charge is 0.481 e. The molecule has 6 heteroatoms. The molecule has 0 fully saturated rings. The van der Waals surface area contributed by atoms with Crippen LogP contribution in [0, 0.1) is 12.7 Å². The molecule has 0 saturated carbocycles. The van der Waals surface area contributed by atoms with Gasteiger partial charge >= 0.3 is 5.97 Å². The van der Waals surface area contributed by atoms with E-state index in [4.69, 9.17) is 5.11 Å². The number of aliphatic carboxylic acids is 1. The first kappa shape index (κ1) is 15.5. The molecular weight excluding hydrogens is 269 g/mol. The number of carbonyl (C=O) groups is 2. The standard InChI is InChI=1S/C13H16FNO3S/c1-9-3-4-11(14)10(5-9)6-15(2)12(16)7-19-8-13(17)18/h3-5H,6-8H2,1-2H3,(H,17,18). The zero-order valence-corrected chi connectivity index (χ0v) is 11.7. The van der Waals surface area contributed by atoms with Crippen molar-refractivity contribution in [1.82, 2.24) is 4.90 Å². The van der Waals surface area contributed by atoms with Gasteiger partial charge in [0.15, 0.2) is 0 Å². The van der Waals surface area contributed by atoms with E-state index in [1.54, 1.807) is 19.2 Å². The summed E-state index contributed by atoms with van der Waals surface area (Å²) in [6, 6.07) is 4.75. The second kappa shape index (κ2) is 7.13. The Hall–Kier alpha value is -1.56.